The van der Waals surface area contributed by atoms with E-state index in [-0.39, 0.29) is 11.5 Å². The Balaban J connectivity index is 2.74. The topological polar surface area (TPSA) is 40.5 Å². The van der Waals surface area contributed by atoms with Crippen molar-refractivity contribution in [1.29, 1.82) is 0 Å². The molecule has 0 aliphatic carbocycles. The maximum absolute atomic E-state index is 9.85. The zero-order valence-electron chi connectivity index (χ0n) is 11.8. The summed E-state index contributed by atoms with van der Waals surface area (Å²) in [7, 11) is 0. The van der Waals surface area contributed by atoms with Crippen LogP contribution in [0.15, 0.2) is 37.4 Å². The lowest BCUT2D eigenvalue weighted by atomic mass is 9.92. The van der Waals surface area contributed by atoms with Crippen molar-refractivity contribution in [1.82, 2.24) is 0 Å². The van der Waals surface area contributed by atoms with Crippen LogP contribution in [0.3, 0.4) is 0 Å². The van der Waals surface area contributed by atoms with E-state index in [1.54, 1.807) is 24.3 Å². The van der Waals surface area contributed by atoms with E-state index in [1.165, 1.54) is 0 Å². The first-order chi connectivity index (χ1) is 9.47. The van der Waals surface area contributed by atoms with Gasteiger partial charge in [-0.15, -0.1) is 0 Å². The van der Waals surface area contributed by atoms with E-state index in [4.69, 9.17) is 0 Å². The lowest BCUT2D eigenvalue weighted by Gasteiger charge is -2.14. The van der Waals surface area contributed by atoms with Gasteiger partial charge in [0.1, 0.15) is 11.5 Å². The Labute approximate surface area is 119 Å². The van der Waals surface area contributed by atoms with Gasteiger partial charge in [-0.25, -0.2) is 0 Å². The van der Waals surface area contributed by atoms with Crippen LogP contribution in [0.5, 0.6) is 11.5 Å². The van der Waals surface area contributed by atoms with Crippen molar-refractivity contribution in [2.24, 2.45) is 0 Å². The molecule has 0 saturated carbocycles. The summed E-state index contributed by atoms with van der Waals surface area (Å²) in [5.41, 5.74) is 5.35. The van der Waals surface area contributed by atoms with E-state index in [1.807, 2.05) is 26.0 Å². The second-order valence-electron chi connectivity index (χ2n) is 4.86. The molecule has 0 saturated heterocycles. The van der Waals surface area contributed by atoms with Gasteiger partial charge in [0.2, 0.25) is 0 Å². The maximum Gasteiger partial charge on any atom is 0.123 e. The molecule has 0 bridgehead atoms. The van der Waals surface area contributed by atoms with Crippen LogP contribution in [-0.4, -0.2) is 10.2 Å². The van der Waals surface area contributed by atoms with Crippen molar-refractivity contribution in [3.63, 3.8) is 0 Å². The highest BCUT2D eigenvalue weighted by atomic mass is 16.3. The smallest absolute Gasteiger partial charge is 0.123 e. The van der Waals surface area contributed by atoms with Gasteiger partial charge < -0.3 is 10.2 Å². The minimum absolute atomic E-state index is 0.224. The molecule has 0 aromatic heterocycles. The summed E-state index contributed by atoms with van der Waals surface area (Å²) >= 11 is 0. The first-order valence-electron chi connectivity index (χ1n) is 6.40. The lowest BCUT2D eigenvalue weighted by Crippen LogP contribution is -1.90. The molecule has 2 aromatic rings. The SMILES string of the molecule is C=Cc1cc(-c2cc(C=C)c(O)cc2C)c(C)cc1O. The highest BCUT2D eigenvalue weighted by Crippen LogP contribution is 2.35. The van der Waals surface area contributed by atoms with Crippen molar-refractivity contribution >= 4 is 12.2 Å². The maximum atomic E-state index is 9.85. The summed E-state index contributed by atoms with van der Waals surface area (Å²) < 4.78 is 0. The first kappa shape index (κ1) is 13.9. The summed E-state index contributed by atoms with van der Waals surface area (Å²) in [6.07, 6.45) is 3.25. The first-order valence-corrected chi connectivity index (χ1v) is 6.40. The molecule has 2 rings (SSSR count). The normalized spacial score (nSPS) is 10.3. The van der Waals surface area contributed by atoms with Gasteiger partial charge in [-0.2, -0.15) is 0 Å². The standard InChI is InChI=1S/C18H18O2/c1-5-13-9-15(11(3)7-17(13)19)16-10-14(6-2)18(20)8-12(16)4/h5-10,19-20H,1-2H2,3-4H3. The van der Waals surface area contributed by atoms with Crippen LogP contribution in [0.4, 0.5) is 0 Å². The fraction of sp³-hybridized carbons (Fsp3) is 0.111. The van der Waals surface area contributed by atoms with E-state index in [9.17, 15) is 10.2 Å². The van der Waals surface area contributed by atoms with E-state index < -0.39 is 0 Å². The Hall–Kier alpha value is -2.48. The summed E-state index contributed by atoms with van der Waals surface area (Å²) in [5, 5.41) is 19.7. The van der Waals surface area contributed by atoms with E-state index >= 15 is 0 Å². The highest BCUT2D eigenvalue weighted by molar-refractivity contribution is 5.78. The third-order valence-corrected chi connectivity index (χ3v) is 3.48. The van der Waals surface area contributed by atoms with Crippen molar-refractivity contribution in [2.45, 2.75) is 13.8 Å². The van der Waals surface area contributed by atoms with Crippen LogP contribution in [-0.2, 0) is 0 Å². The Morgan fingerprint density at radius 1 is 0.750 bits per heavy atom. The molecule has 0 radical (unpaired) electrons. The second-order valence-corrected chi connectivity index (χ2v) is 4.86. The van der Waals surface area contributed by atoms with Crippen LogP contribution in [0.2, 0.25) is 0 Å². The Morgan fingerprint density at radius 2 is 1.10 bits per heavy atom. The number of rotatable bonds is 3. The van der Waals surface area contributed by atoms with Gasteiger partial charge in [-0.05, 0) is 60.4 Å². The van der Waals surface area contributed by atoms with Crippen molar-refractivity contribution in [3.8, 4) is 22.6 Å². The van der Waals surface area contributed by atoms with Crippen LogP contribution in [0, 0.1) is 13.8 Å². The van der Waals surface area contributed by atoms with Gasteiger partial charge in [0, 0.05) is 11.1 Å². The zero-order chi connectivity index (χ0) is 14.9. The molecule has 2 N–H and O–H groups in total. The van der Waals surface area contributed by atoms with Gasteiger partial charge in [0.25, 0.3) is 0 Å². The number of benzene rings is 2. The van der Waals surface area contributed by atoms with Gasteiger partial charge in [-0.1, -0.05) is 25.3 Å². The molecule has 2 nitrogen and oxygen atoms in total. The van der Waals surface area contributed by atoms with Crippen molar-refractivity contribution in [2.75, 3.05) is 0 Å². The van der Waals surface area contributed by atoms with Gasteiger partial charge in [0.05, 0.1) is 0 Å². The highest BCUT2D eigenvalue weighted by Gasteiger charge is 2.11. The zero-order valence-corrected chi connectivity index (χ0v) is 11.8. The molecule has 102 valence electrons. The summed E-state index contributed by atoms with van der Waals surface area (Å²) in [4.78, 5) is 0. The molecule has 2 aromatic carbocycles. The summed E-state index contributed by atoms with van der Waals surface area (Å²) in [6, 6.07) is 7.27. The predicted octanol–water partition coefficient (Wildman–Crippen LogP) is 4.67. The second kappa shape index (κ2) is 5.25. The molecule has 0 unspecified atom stereocenters. The van der Waals surface area contributed by atoms with Gasteiger partial charge >= 0.3 is 0 Å². The molecule has 0 aliphatic heterocycles. The molecule has 2 heteroatoms. The third kappa shape index (κ3) is 2.32. The molecule has 0 heterocycles. The average molecular weight is 266 g/mol. The average Bonchev–Trinajstić information content (AvgIpc) is 2.40. The molecule has 0 fully saturated rings. The quantitative estimate of drug-likeness (QED) is 0.847. The van der Waals surface area contributed by atoms with Crippen LogP contribution in [0.1, 0.15) is 22.3 Å². The molecule has 0 spiro atoms. The number of aryl methyl sites for hydroxylation is 2. The minimum Gasteiger partial charge on any atom is -0.507 e. The fourth-order valence-corrected chi connectivity index (χ4v) is 2.33. The van der Waals surface area contributed by atoms with Crippen LogP contribution < -0.4 is 0 Å². The number of hydrogen-bond donors (Lipinski definition) is 2. The lowest BCUT2D eigenvalue weighted by molar-refractivity contribution is 0.473. The minimum atomic E-state index is 0.224. The Morgan fingerprint density at radius 3 is 1.40 bits per heavy atom. The number of phenols is 2. The molecular formula is C18H18O2. The number of hydrogen-bond acceptors (Lipinski definition) is 2. The Bertz CT molecular complexity index is 636. The molecule has 0 aliphatic rings. The predicted molar refractivity (Wildman–Crippen MR) is 84.9 cm³/mol. The van der Waals surface area contributed by atoms with Gasteiger partial charge in [0.15, 0.2) is 0 Å². The van der Waals surface area contributed by atoms with E-state index in [0.29, 0.717) is 11.1 Å². The summed E-state index contributed by atoms with van der Waals surface area (Å²) in [5.74, 6) is 0.447. The van der Waals surface area contributed by atoms with Gasteiger partial charge in [-0.3, -0.25) is 0 Å². The molecule has 0 atom stereocenters. The molecule has 20 heavy (non-hydrogen) atoms. The molecule has 0 amide bonds. The van der Waals surface area contributed by atoms with Crippen LogP contribution >= 0.6 is 0 Å². The monoisotopic (exact) mass is 266 g/mol. The fourth-order valence-electron chi connectivity index (χ4n) is 2.33. The number of phenolic OH excluding ortho intramolecular Hbond substituents is 2. The third-order valence-electron chi connectivity index (χ3n) is 3.48. The molecular weight excluding hydrogens is 248 g/mol. The summed E-state index contributed by atoms with van der Waals surface area (Å²) in [6.45, 7) is 11.3. The van der Waals surface area contributed by atoms with Crippen molar-refractivity contribution < 1.29 is 10.2 Å². The Kier molecular flexibility index (Phi) is 3.66. The number of aromatic hydroxyl groups is 2. The van der Waals surface area contributed by atoms with E-state index in [2.05, 4.69) is 13.2 Å². The van der Waals surface area contributed by atoms with Crippen molar-refractivity contribution in [3.05, 3.63) is 59.7 Å². The van der Waals surface area contributed by atoms with Crippen LogP contribution in [0.25, 0.3) is 23.3 Å². The van der Waals surface area contributed by atoms with E-state index in [0.717, 1.165) is 22.3 Å². The largest absolute Gasteiger partial charge is 0.507 e.